The maximum Gasteiger partial charge on any atom is 0.318 e. The third kappa shape index (κ3) is 0.527. The average molecular weight is 190 g/mol. The van der Waals surface area contributed by atoms with Gasteiger partial charge in [0.05, 0.1) is 11.8 Å². The zero-order chi connectivity index (χ0) is 9.50. The van der Waals surface area contributed by atoms with Crippen LogP contribution in [0.25, 0.3) is 0 Å². The van der Waals surface area contributed by atoms with Crippen LogP contribution in [0.3, 0.4) is 0 Å². The quantitative estimate of drug-likeness (QED) is 0.324. The zero-order valence-electron chi connectivity index (χ0n) is 7.60. The van der Waals surface area contributed by atoms with Crippen molar-refractivity contribution < 1.29 is 14.3 Å². The van der Waals surface area contributed by atoms with Gasteiger partial charge in [-0.2, -0.15) is 0 Å². The van der Waals surface area contributed by atoms with Crippen LogP contribution in [-0.2, 0) is 14.3 Å². The SMILES string of the molecule is O=C1OC(=O)[C@H]2[C@@H]1[C@H]1C=C[C@@H]2C12CC2. The van der Waals surface area contributed by atoms with Crippen LogP contribution in [0.5, 0.6) is 0 Å². The second-order valence-corrected chi connectivity index (χ2v) is 4.96. The largest absolute Gasteiger partial charge is 0.393 e. The predicted molar refractivity (Wildman–Crippen MR) is 45.9 cm³/mol. The molecule has 1 aliphatic heterocycles. The molecule has 2 bridgehead atoms. The lowest BCUT2D eigenvalue weighted by Crippen LogP contribution is -2.21. The second-order valence-electron chi connectivity index (χ2n) is 4.96. The monoisotopic (exact) mass is 190 g/mol. The van der Waals surface area contributed by atoms with Gasteiger partial charge in [0.15, 0.2) is 0 Å². The molecule has 0 aromatic rings. The van der Waals surface area contributed by atoms with Crippen molar-refractivity contribution in [3.63, 3.8) is 0 Å². The van der Waals surface area contributed by atoms with Crippen molar-refractivity contribution in [3.05, 3.63) is 12.2 Å². The Morgan fingerprint density at radius 3 is 2.00 bits per heavy atom. The number of carbonyl (C=O) groups is 2. The molecule has 0 N–H and O–H groups in total. The normalized spacial score (nSPS) is 50.0. The van der Waals surface area contributed by atoms with Gasteiger partial charge in [-0.15, -0.1) is 0 Å². The smallest absolute Gasteiger partial charge is 0.318 e. The molecule has 1 heterocycles. The van der Waals surface area contributed by atoms with Crippen molar-refractivity contribution >= 4 is 11.9 Å². The highest BCUT2D eigenvalue weighted by Crippen LogP contribution is 2.73. The average Bonchev–Trinajstić information content (AvgIpc) is 2.72. The van der Waals surface area contributed by atoms with Gasteiger partial charge in [-0.1, -0.05) is 12.2 Å². The molecule has 14 heavy (non-hydrogen) atoms. The van der Waals surface area contributed by atoms with E-state index in [9.17, 15) is 9.59 Å². The molecule has 2 saturated carbocycles. The van der Waals surface area contributed by atoms with E-state index in [1.54, 1.807) is 0 Å². The van der Waals surface area contributed by atoms with E-state index in [2.05, 4.69) is 12.2 Å². The molecule has 1 spiro atoms. The fourth-order valence-electron chi connectivity index (χ4n) is 3.88. The van der Waals surface area contributed by atoms with Crippen LogP contribution in [-0.4, -0.2) is 11.9 Å². The van der Waals surface area contributed by atoms with E-state index in [0.717, 1.165) is 0 Å². The Balaban J connectivity index is 1.89. The van der Waals surface area contributed by atoms with Gasteiger partial charge < -0.3 is 4.74 Å². The number of hydrogen-bond donors (Lipinski definition) is 0. The van der Waals surface area contributed by atoms with Gasteiger partial charge in [0.25, 0.3) is 0 Å². The van der Waals surface area contributed by atoms with Gasteiger partial charge in [-0.25, -0.2) is 0 Å². The minimum absolute atomic E-state index is 0.139. The lowest BCUT2D eigenvalue weighted by Gasteiger charge is -2.15. The molecule has 3 nitrogen and oxygen atoms in total. The number of fused-ring (bicyclic) bond motifs is 3. The van der Waals surface area contributed by atoms with Gasteiger partial charge in [0, 0.05) is 0 Å². The van der Waals surface area contributed by atoms with E-state index < -0.39 is 0 Å². The summed E-state index contributed by atoms with van der Waals surface area (Å²) in [5, 5.41) is 0. The van der Waals surface area contributed by atoms with Gasteiger partial charge >= 0.3 is 11.9 Å². The number of carbonyl (C=O) groups excluding carboxylic acids is 2. The summed E-state index contributed by atoms with van der Waals surface area (Å²) in [5.41, 5.74) is 0.296. The zero-order valence-corrected chi connectivity index (χ0v) is 7.60. The molecule has 4 atom stereocenters. The number of cyclic esters (lactones) is 2. The molecule has 3 aliphatic carbocycles. The number of rotatable bonds is 0. The highest BCUT2D eigenvalue weighted by molar-refractivity contribution is 5.98. The van der Waals surface area contributed by atoms with E-state index in [4.69, 9.17) is 4.74 Å². The molecule has 4 aliphatic rings. The number of allylic oxidation sites excluding steroid dienone is 2. The summed E-state index contributed by atoms with van der Waals surface area (Å²) in [7, 11) is 0. The summed E-state index contributed by atoms with van der Waals surface area (Å²) < 4.78 is 4.71. The first-order valence-corrected chi connectivity index (χ1v) is 5.18. The summed E-state index contributed by atoms with van der Waals surface area (Å²) >= 11 is 0. The topological polar surface area (TPSA) is 43.4 Å². The number of hydrogen-bond acceptors (Lipinski definition) is 3. The van der Waals surface area contributed by atoms with Crippen molar-refractivity contribution in [2.45, 2.75) is 12.8 Å². The third-order valence-electron chi connectivity index (χ3n) is 4.59. The maximum atomic E-state index is 11.5. The predicted octanol–water partition coefficient (Wildman–Crippen LogP) is 0.898. The van der Waals surface area contributed by atoms with E-state index >= 15 is 0 Å². The van der Waals surface area contributed by atoms with Gasteiger partial charge in [-0.3, -0.25) is 9.59 Å². The van der Waals surface area contributed by atoms with Crippen molar-refractivity contribution in [3.8, 4) is 0 Å². The molecular weight excluding hydrogens is 180 g/mol. The summed E-state index contributed by atoms with van der Waals surface area (Å²) in [6.45, 7) is 0. The minimum Gasteiger partial charge on any atom is -0.393 e. The molecule has 0 aromatic carbocycles. The Morgan fingerprint density at radius 2 is 1.57 bits per heavy atom. The number of ether oxygens (including phenoxy) is 1. The van der Waals surface area contributed by atoms with Gasteiger partial charge in [0.2, 0.25) is 0 Å². The van der Waals surface area contributed by atoms with Crippen LogP contribution in [0.4, 0.5) is 0 Å². The van der Waals surface area contributed by atoms with Crippen LogP contribution in [0.2, 0.25) is 0 Å². The van der Waals surface area contributed by atoms with E-state index in [1.807, 2.05) is 0 Å². The molecule has 0 unspecified atom stereocenters. The van der Waals surface area contributed by atoms with E-state index in [-0.39, 0.29) is 23.8 Å². The van der Waals surface area contributed by atoms with Crippen LogP contribution in [0, 0.1) is 29.1 Å². The summed E-state index contributed by atoms with van der Waals surface area (Å²) in [5.74, 6) is -0.223. The fraction of sp³-hybridized carbons (Fsp3) is 0.636. The first kappa shape index (κ1) is 7.21. The molecule has 4 rings (SSSR count). The Morgan fingerprint density at radius 1 is 1.07 bits per heavy atom. The maximum absolute atomic E-state index is 11.5. The molecule has 0 aromatic heterocycles. The van der Waals surface area contributed by atoms with Crippen molar-refractivity contribution in [2.24, 2.45) is 29.1 Å². The Kier molecular flexibility index (Phi) is 0.932. The Bertz CT molecular complexity index is 359. The number of esters is 2. The molecule has 3 heteroatoms. The fourth-order valence-corrected chi connectivity index (χ4v) is 3.88. The van der Waals surface area contributed by atoms with Crippen molar-refractivity contribution in [1.82, 2.24) is 0 Å². The molecular formula is C11H10O3. The second kappa shape index (κ2) is 1.81. The molecule has 1 saturated heterocycles. The highest BCUT2D eigenvalue weighted by Gasteiger charge is 2.72. The first-order valence-electron chi connectivity index (χ1n) is 5.18. The van der Waals surface area contributed by atoms with Crippen LogP contribution in [0.1, 0.15) is 12.8 Å². The van der Waals surface area contributed by atoms with Crippen LogP contribution in [0.15, 0.2) is 12.2 Å². The molecule has 0 radical (unpaired) electrons. The molecule has 0 amide bonds. The van der Waals surface area contributed by atoms with Crippen molar-refractivity contribution in [2.75, 3.05) is 0 Å². The highest BCUT2D eigenvalue weighted by atomic mass is 16.6. The van der Waals surface area contributed by atoms with Crippen molar-refractivity contribution in [1.29, 1.82) is 0 Å². The van der Waals surface area contributed by atoms with Crippen LogP contribution < -0.4 is 0 Å². The minimum atomic E-state index is -0.275. The summed E-state index contributed by atoms with van der Waals surface area (Å²) in [6, 6.07) is 0. The first-order chi connectivity index (χ1) is 6.74. The summed E-state index contributed by atoms with van der Waals surface area (Å²) in [4.78, 5) is 23.0. The lowest BCUT2D eigenvalue weighted by molar-refractivity contribution is -0.155. The van der Waals surface area contributed by atoms with Crippen LogP contribution >= 0.6 is 0 Å². The van der Waals surface area contributed by atoms with E-state index in [1.165, 1.54) is 12.8 Å². The van der Waals surface area contributed by atoms with Gasteiger partial charge in [0.1, 0.15) is 0 Å². The summed E-state index contributed by atoms with van der Waals surface area (Å²) in [6.07, 6.45) is 6.64. The molecule has 3 fully saturated rings. The lowest BCUT2D eigenvalue weighted by atomic mass is 9.85. The standard InChI is InChI=1S/C11H10O3/c12-9-7-5-1-2-6(11(5)3-4-11)8(7)10(13)14-9/h1-2,5-8H,3-4H2/t5-,6+,7+,8-. The third-order valence-corrected chi connectivity index (χ3v) is 4.59. The van der Waals surface area contributed by atoms with Gasteiger partial charge in [-0.05, 0) is 30.1 Å². The Hall–Kier alpha value is -1.12. The molecule has 72 valence electrons. The Labute approximate surface area is 81.1 Å². The van der Waals surface area contributed by atoms with E-state index in [0.29, 0.717) is 17.3 Å².